The number of likely N-dealkylation sites (tertiary alicyclic amines) is 1. The van der Waals surface area contributed by atoms with Crippen LogP contribution in [-0.2, 0) is 13.0 Å². The molecule has 7 rings (SSSR count). The zero-order valence-corrected chi connectivity index (χ0v) is 23.3. The molecule has 0 saturated carbocycles. The van der Waals surface area contributed by atoms with Gasteiger partial charge >= 0.3 is 0 Å². The van der Waals surface area contributed by atoms with Crippen molar-refractivity contribution in [3.05, 3.63) is 89.0 Å². The molecule has 2 aliphatic rings. The van der Waals surface area contributed by atoms with E-state index in [1.165, 1.54) is 31.4 Å². The quantitative estimate of drug-likeness (QED) is 0.254. The Morgan fingerprint density at radius 2 is 1.71 bits per heavy atom. The van der Waals surface area contributed by atoms with Crippen LogP contribution in [0.5, 0.6) is 0 Å². The Kier molecular flexibility index (Phi) is 7.69. The molecule has 1 fully saturated rings. The molecule has 1 saturated heterocycles. The first-order valence-corrected chi connectivity index (χ1v) is 14.4. The third kappa shape index (κ3) is 5.29. The van der Waals surface area contributed by atoms with E-state index in [1.807, 2.05) is 32.2 Å². The summed E-state index contributed by atoms with van der Waals surface area (Å²) in [5.41, 5.74) is 6.35. The highest BCUT2D eigenvalue weighted by atomic mass is 19.1. The van der Waals surface area contributed by atoms with E-state index in [4.69, 9.17) is 4.98 Å². The van der Waals surface area contributed by atoms with E-state index in [9.17, 15) is 4.39 Å². The number of nitrogens with zero attached hydrogens (tertiary/aromatic N) is 5. The third-order valence-corrected chi connectivity index (χ3v) is 7.60. The minimum Gasteiger partial charge on any atom is -0.340 e. The van der Waals surface area contributed by atoms with Crippen LogP contribution < -0.4 is 0 Å². The molecule has 41 heavy (non-hydrogen) atoms. The van der Waals surface area contributed by atoms with Gasteiger partial charge in [-0.2, -0.15) is 5.10 Å². The van der Waals surface area contributed by atoms with Crippen molar-refractivity contribution in [2.45, 2.75) is 46.1 Å². The Morgan fingerprint density at radius 3 is 2.51 bits per heavy atom. The van der Waals surface area contributed by atoms with E-state index in [0.29, 0.717) is 52.4 Å². The molecule has 0 bridgehead atoms. The van der Waals surface area contributed by atoms with Gasteiger partial charge < -0.3 is 4.98 Å². The van der Waals surface area contributed by atoms with Crippen molar-refractivity contribution >= 4 is 16.6 Å². The van der Waals surface area contributed by atoms with Gasteiger partial charge in [0.25, 0.3) is 0 Å². The number of nitrogens with one attached hydrogen (secondary N) is 2. The van der Waals surface area contributed by atoms with Gasteiger partial charge in [0.05, 0.1) is 16.6 Å². The summed E-state index contributed by atoms with van der Waals surface area (Å²) in [6.45, 7) is 7.58. The Balaban J connectivity index is 0.00000148. The fraction of sp³-hybridized carbons (Fsp3) is 0.312. The summed E-state index contributed by atoms with van der Waals surface area (Å²) >= 11 is 0. The molecule has 2 aromatic carbocycles. The number of piperidine rings is 1. The predicted octanol–water partition coefficient (Wildman–Crippen LogP) is 6.70. The van der Waals surface area contributed by atoms with Gasteiger partial charge in [-0.1, -0.05) is 20.3 Å². The van der Waals surface area contributed by atoms with Crippen molar-refractivity contribution in [1.82, 2.24) is 30.0 Å². The zero-order chi connectivity index (χ0) is 28.3. The van der Waals surface area contributed by atoms with Crippen molar-refractivity contribution < 1.29 is 8.78 Å². The number of aliphatic imine (C=N–C) groups is 1. The lowest BCUT2D eigenvalue weighted by molar-refractivity contribution is 0.220. The van der Waals surface area contributed by atoms with Crippen LogP contribution in [-0.4, -0.2) is 55.4 Å². The van der Waals surface area contributed by atoms with Crippen molar-refractivity contribution in [2.24, 2.45) is 4.99 Å². The summed E-state index contributed by atoms with van der Waals surface area (Å²) in [7, 11) is 0. The van der Waals surface area contributed by atoms with Crippen LogP contribution in [0, 0.1) is 11.6 Å². The zero-order valence-electron chi connectivity index (χ0n) is 23.3. The first-order valence-electron chi connectivity index (χ1n) is 14.4. The van der Waals surface area contributed by atoms with Gasteiger partial charge in [-0.3, -0.25) is 20.0 Å². The molecule has 0 unspecified atom stereocenters. The van der Waals surface area contributed by atoms with Crippen molar-refractivity contribution in [2.75, 3.05) is 19.6 Å². The molecule has 2 aliphatic heterocycles. The minimum atomic E-state index is -0.366. The van der Waals surface area contributed by atoms with E-state index in [2.05, 4.69) is 30.1 Å². The lowest BCUT2D eigenvalue weighted by Gasteiger charge is -2.26. The Labute approximate surface area is 237 Å². The van der Waals surface area contributed by atoms with Crippen LogP contribution in [0.4, 0.5) is 8.78 Å². The molecule has 0 radical (unpaired) electrons. The first-order chi connectivity index (χ1) is 20.1. The monoisotopic (exact) mass is 553 g/mol. The fourth-order valence-electron chi connectivity index (χ4n) is 5.65. The molecule has 210 valence electrons. The van der Waals surface area contributed by atoms with E-state index < -0.39 is 0 Å². The molecule has 3 aromatic heterocycles. The molecule has 0 atom stereocenters. The fourth-order valence-corrected chi connectivity index (χ4v) is 5.65. The van der Waals surface area contributed by atoms with Crippen molar-refractivity contribution in [1.29, 1.82) is 0 Å². The smallest absolute Gasteiger partial charge is 0.159 e. The average Bonchev–Trinajstić information content (AvgIpc) is 3.64. The van der Waals surface area contributed by atoms with Crippen LogP contribution in [0.2, 0.25) is 0 Å². The van der Waals surface area contributed by atoms with Crippen LogP contribution in [0.1, 0.15) is 55.6 Å². The maximum absolute atomic E-state index is 16.2. The number of fused-ring (bicyclic) bond motifs is 2. The van der Waals surface area contributed by atoms with E-state index >= 15 is 4.39 Å². The van der Waals surface area contributed by atoms with Gasteiger partial charge in [0.15, 0.2) is 5.82 Å². The van der Waals surface area contributed by atoms with E-state index in [1.54, 1.807) is 24.4 Å². The van der Waals surface area contributed by atoms with Crippen molar-refractivity contribution in [3.8, 4) is 22.6 Å². The summed E-state index contributed by atoms with van der Waals surface area (Å²) in [6.07, 6.45) is 7.97. The largest absolute Gasteiger partial charge is 0.340 e. The first kappa shape index (κ1) is 27.0. The van der Waals surface area contributed by atoms with E-state index in [-0.39, 0.29) is 11.6 Å². The molecule has 9 heteroatoms. The summed E-state index contributed by atoms with van der Waals surface area (Å²) in [6, 6.07) is 11.9. The number of benzene rings is 2. The number of imidazole rings is 1. The Bertz CT molecular complexity index is 1700. The van der Waals surface area contributed by atoms with E-state index in [0.717, 1.165) is 42.0 Å². The normalized spacial score (nSPS) is 15.3. The molecule has 5 heterocycles. The maximum Gasteiger partial charge on any atom is 0.159 e. The van der Waals surface area contributed by atoms with Gasteiger partial charge in [-0.05, 0) is 74.0 Å². The molecular formula is C32H33F2N7. The highest BCUT2D eigenvalue weighted by Gasteiger charge is 2.25. The molecule has 2 N–H and O–H groups in total. The van der Waals surface area contributed by atoms with Crippen LogP contribution in [0.25, 0.3) is 33.5 Å². The second-order valence-corrected chi connectivity index (χ2v) is 10.2. The number of aromatic nitrogens is 5. The second kappa shape index (κ2) is 11.7. The number of rotatable bonds is 5. The standard InChI is InChI=1S/C30H27F2N7.C2H6/c31-21-6-4-19(5-7-21)27-28-24(10-11-34-27)35-30(36-28)29-25-23(37-38-29)9-8-22(26(25)32)20-14-18(15-33-16-20)17-39-12-2-1-3-13-39;1-2/h4-9,14-16H,1-3,10-13,17H2,(H,35,36)(H,37,38);1-2H3. The summed E-state index contributed by atoms with van der Waals surface area (Å²) in [5, 5.41) is 7.77. The highest BCUT2D eigenvalue weighted by molar-refractivity contribution is 6.13. The minimum absolute atomic E-state index is 0.306. The molecule has 0 aliphatic carbocycles. The molecule has 0 amide bonds. The summed E-state index contributed by atoms with van der Waals surface area (Å²) in [4.78, 5) is 19.7. The number of pyridine rings is 1. The topological polar surface area (TPSA) is 85.8 Å². The van der Waals surface area contributed by atoms with Crippen LogP contribution in [0.15, 0.2) is 59.9 Å². The number of halogens is 2. The second-order valence-electron chi connectivity index (χ2n) is 10.2. The van der Waals surface area contributed by atoms with Gasteiger partial charge in [0.1, 0.15) is 23.0 Å². The lowest BCUT2D eigenvalue weighted by atomic mass is 10.0. The maximum atomic E-state index is 16.2. The Morgan fingerprint density at radius 1 is 0.902 bits per heavy atom. The number of aromatic amines is 2. The number of H-pyrrole nitrogens is 2. The van der Waals surface area contributed by atoms with Gasteiger partial charge in [0.2, 0.25) is 0 Å². The molecule has 5 aromatic rings. The van der Waals surface area contributed by atoms with Crippen molar-refractivity contribution in [3.63, 3.8) is 0 Å². The SMILES string of the molecule is CC.Fc1ccc(C2=NCCc3[nH]c(-c4n[nH]c5ccc(-c6cncc(CN7CCCCC7)c6)c(F)c45)nc32)cc1. The third-order valence-electron chi connectivity index (χ3n) is 7.60. The highest BCUT2D eigenvalue weighted by Crippen LogP contribution is 2.34. The van der Waals surface area contributed by atoms with Gasteiger partial charge in [0, 0.05) is 54.3 Å². The Hall–Kier alpha value is -4.24. The van der Waals surface area contributed by atoms with Gasteiger partial charge in [-0.25, -0.2) is 13.8 Å². The summed E-state index contributed by atoms with van der Waals surface area (Å²) < 4.78 is 29.7. The molecule has 7 nitrogen and oxygen atoms in total. The lowest BCUT2D eigenvalue weighted by Crippen LogP contribution is -2.29. The average molecular weight is 554 g/mol. The predicted molar refractivity (Wildman–Crippen MR) is 158 cm³/mol. The van der Waals surface area contributed by atoms with Crippen LogP contribution in [0.3, 0.4) is 0 Å². The van der Waals surface area contributed by atoms with Gasteiger partial charge in [-0.15, -0.1) is 0 Å². The molecule has 0 spiro atoms. The van der Waals surface area contributed by atoms with Crippen LogP contribution >= 0.6 is 0 Å². The molecular weight excluding hydrogens is 520 g/mol. The number of hydrogen-bond acceptors (Lipinski definition) is 5. The number of hydrogen-bond donors (Lipinski definition) is 2. The summed E-state index contributed by atoms with van der Waals surface area (Å²) in [5.74, 6) is -0.203.